The van der Waals surface area contributed by atoms with Gasteiger partial charge in [0.05, 0.1) is 17.5 Å². The molecule has 3 atom stereocenters. The van der Waals surface area contributed by atoms with E-state index in [0.717, 1.165) is 33.4 Å². The fraction of sp³-hybridized carbons (Fsp3) is 0.407. The molecule has 2 aromatic carbocycles. The summed E-state index contributed by atoms with van der Waals surface area (Å²) in [7, 11) is 1.67. The van der Waals surface area contributed by atoms with E-state index < -0.39 is 11.2 Å². The molecule has 1 aliphatic rings. The number of nitrogens with two attached hydrogens (primary N) is 1. The number of hydrogen-bond donors (Lipinski definition) is 1. The van der Waals surface area contributed by atoms with Crippen LogP contribution in [0.25, 0.3) is 0 Å². The smallest absolute Gasteiger partial charge is 0.328 e. The predicted molar refractivity (Wildman–Crippen MR) is 133 cm³/mol. The Kier molecular flexibility index (Phi) is 7.00. The third-order valence-electron chi connectivity index (χ3n) is 7.02. The number of isocyanates is 2. The monoisotopic (exact) mass is 487 g/mol. The Balaban J connectivity index is 2.07. The number of fused-ring (bicyclic) bond motifs is 2. The lowest BCUT2D eigenvalue weighted by atomic mass is 9.67. The van der Waals surface area contributed by atoms with Crippen molar-refractivity contribution in [1.29, 1.82) is 0 Å². The molecule has 0 bridgehead atoms. The zero-order valence-corrected chi connectivity index (χ0v) is 20.8. The number of hydrogen-bond acceptors (Lipinski definition) is 8. The Bertz CT molecular complexity index is 1370. The molecular formula is C27H29N5O4. The number of aromatic nitrogens is 2. The van der Waals surface area contributed by atoms with E-state index in [9.17, 15) is 14.4 Å². The molecule has 0 saturated carbocycles. The molecule has 0 radical (unpaired) electrons. The predicted octanol–water partition coefficient (Wildman–Crippen LogP) is 3.34. The maximum atomic E-state index is 12.3. The topological polar surface area (TPSA) is 133 Å². The number of rotatable bonds is 7. The van der Waals surface area contributed by atoms with Gasteiger partial charge in [0.15, 0.2) is 5.82 Å². The Hall–Kier alpha value is -3.90. The second-order valence-corrected chi connectivity index (χ2v) is 9.50. The van der Waals surface area contributed by atoms with Gasteiger partial charge >= 0.3 is 5.76 Å². The van der Waals surface area contributed by atoms with Gasteiger partial charge in [0.25, 0.3) is 0 Å². The third-order valence-corrected chi connectivity index (χ3v) is 7.02. The van der Waals surface area contributed by atoms with Crippen molar-refractivity contribution in [2.24, 2.45) is 22.8 Å². The van der Waals surface area contributed by atoms with E-state index >= 15 is 0 Å². The van der Waals surface area contributed by atoms with Crippen molar-refractivity contribution < 1.29 is 14.1 Å². The summed E-state index contributed by atoms with van der Waals surface area (Å²) in [6.45, 7) is 5.61. The van der Waals surface area contributed by atoms with Gasteiger partial charge in [0, 0.05) is 13.1 Å². The molecule has 4 rings (SSSR count). The van der Waals surface area contributed by atoms with Crippen LogP contribution in [0.15, 0.2) is 55.7 Å². The number of benzene rings is 2. The van der Waals surface area contributed by atoms with Crippen LogP contribution in [-0.4, -0.2) is 27.9 Å². The largest absolute Gasteiger partial charge is 0.459 e. The summed E-state index contributed by atoms with van der Waals surface area (Å²) >= 11 is 0. The lowest BCUT2D eigenvalue weighted by molar-refractivity contribution is 0.264. The highest BCUT2D eigenvalue weighted by Gasteiger charge is 2.45. The fourth-order valence-corrected chi connectivity index (χ4v) is 5.45. The van der Waals surface area contributed by atoms with Crippen molar-refractivity contribution in [1.82, 2.24) is 9.72 Å². The first kappa shape index (κ1) is 25.2. The van der Waals surface area contributed by atoms with Crippen LogP contribution in [-0.2, 0) is 34.9 Å². The summed E-state index contributed by atoms with van der Waals surface area (Å²) in [4.78, 5) is 46.1. The lowest BCUT2D eigenvalue weighted by Crippen LogP contribution is -2.39. The molecule has 36 heavy (non-hydrogen) atoms. The molecule has 0 spiro atoms. The van der Waals surface area contributed by atoms with Crippen LogP contribution in [0.4, 0.5) is 0 Å². The molecule has 0 saturated heterocycles. The second-order valence-electron chi connectivity index (χ2n) is 9.50. The maximum Gasteiger partial charge on any atom is 0.459 e. The van der Waals surface area contributed by atoms with E-state index in [1.807, 2.05) is 45.0 Å². The van der Waals surface area contributed by atoms with Gasteiger partial charge in [-0.2, -0.15) is 19.7 Å². The molecule has 2 unspecified atom stereocenters. The molecule has 0 fully saturated rings. The summed E-state index contributed by atoms with van der Waals surface area (Å²) in [6.07, 6.45) is 5.15. The van der Waals surface area contributed by atoms with Crippen LogP contribution in [0.5, 0.6) is 0 Å². The molecule has 0 aliphatic heterocycles. The van der Waals surface area contributed by atoms with Crippen molar-refractivity contribution >= 4 is 12.2 Å². The first-order valence-electron chi connectivity index (χ1n) is 11.9. The van der Waals surface area contributed by atoms with E-state index in [2.05, 4.69) is 27.1 Å². The zero-order valence-electron chi connectivity index (χ0n) is 20.8. The Morgan fingerprint density at radius 1 is 1.00 bits per heavy atom. The van der Waals surface area contributed by atoms with Crippen LogP contribution in [0.2, 0.25) is 0 Å². The molecule has 1 aliphatic carbocycles. The summed E-state index contributed by atoms with van der Waals surface area (Å²) < 4.78 is 6.75. The lowest BCUT2D eigenvalue weighted by Gasteiger charge is -2.37. The highest BCUT2D eigenvalue weighted by Crippen LogP contribution is 2.47. The van der Waals surface area contributed by atoms with Gasteiger partial charge in [-0.05, 0) is 73.4 Å². The third kappa shape index (κ3) is 4.40. The number of aliphatic imine (C=N–C) groups is 2. The summed E-state index contributed by atoms with van der Waals surface area (Å²) in [5.74, 6) is -0.215. The minimum atomic E-state index is -0.873. The molecule has 2 N–H and O–H groups in total. The number of aryl methyl sites for hydroxylation is 3. The average Bonchev–Trinajstić information content (AvgIpc) is 3.12. The van der Waals surface area contributed by atoms with Crippen LogP contribution >= 0.6 is 0 Å². The standard InChI is InChI=1S/C27H29N5O4/c1-16(28)13-27(25-31-26(35)36-32(25)4)23-9-7-19(17(2)29-14-33)11-21(23)5-6-22-12-20(8-10-24(22)27)18(3)30-15-34/h7-12,16-18H,5-6,13,28H2,1-4H3/t16-,17?,18?,27?/m0/s1. The molecule has 9 heteroatoms. The number of carbonyl (C=O) groups excluding carboxylic acids is 2. The summed E-state index contributed by atoms with van der Waals surface area (Å²) in [5.41, 5.74) is 11.4. The van der Waals surface area contributed by atoms with Crippen molar-refractivity contribution in [3.8, 4) is 0 Å². The second kappa shape index (κ2) is 9.99. The average molecular weight is 488 g/mol. The van der Waals surface area contributed by atoms with Crippen LogP contribution in [0, 0.1) is 0 Å². The highest BCUT2D eigenvalue weighted by molar-refractivity contribution is 5.56. The van der Waals surface area contributed by atoms with Crippen molar-refractivity contribution in [2.45, 2.75) is 63.6 Å². The van der Waals surface area contributed by atoms with Crippen LogP contribution < -0.4 is 11.5 Å². The quantitative estimate of drug-likeness (QED) is 0.401. The fourth-order valence-electron chi connectivity index (χ4n) is 5.45. The van der Waals surface area contributed by atoms with Crippen LogP contribution in [0.1, 0.15) is 78.5 Å². The Morgan fingerprint density at radius 2 is 1.50 bits per heavy atom. The van der Waals surface area contributed by atoms with Gasteiger partial charge in [-0.3, -0.25) is 0 Å². The van der Waals surface area contributed by atoms with E-state index in [1.54, 1.807) is 19.2 Å². The van der Waals surface area contributed by atoms with Gasteiger partial charge in [-0.25, -0.2) is 14.4 Å². The van der Waals surface area contributed by atoms with E-state index in [4.69, 9.17) is 10.3 Å². The van der Waals surface area contributed by atoms with Crippen molar-refractivity contribution in [2.75, 3.05) is 0 Å². The Labute approximate surface area is 208 Å². The zero-order chi connectivity index (χ0) is 26.0. The molecule has 1 heterocycles. The minimum Gasteiger partial charge on any atom is -0.328 e. The minimum absolute atomic E-state index is 0.243. The Morgan fingerprint density at radius 3 is 1.89 bits per heavy atom. The summed E-state index contributed by atoms with van der Waals surface area (Å²) in [5, 5.41) is 0. The van der Waals surface area contributed by atoms with Crippen molar-refractivity contribution in [3.05, 3.63) is 86.2 Å². The van der Waals surface area contributed by atoms with E-state index in [0.29, 0.717) is 25.1 Å². The first-order chi connectivity index (χ1) is 17.2. The van der Waals surface area contributed by atoms with Gasteiger partial charge in [0.2, 0.25) is 12.2 Å². The molecule has 1 aromatic heterocycles. The van der Waals surface area contributed by atoms with Gasteiger partial charge < -0.3 is 10.3 Å². The van der Waals surface area contributed by atoms with Gasteiger partial charge in [-0.15, -0.1) is 0 Å². The van der Waals surface area contributed by atoms with Gasteiger partial charge in [0.1, 0.15) is 0 Å². The maximum absolute atomic E-state index is 12.3. The molecule has 3 aromatic rings. The van der Waals surface area contributed by atoms with E-state index in [1.165, 1.54) is 4.74 Å². The molecule has 0 amide bonds. The van der Waals surface area contributed by atoms with Crippen LogP contribution in [0.3, 0.4) is 0 Å². The molecule has 9 nitrogen and oxygen atoms in total. The van der Waals surface area contributed by atoms with E-state index in [-0.39, 0.29) is 18.1 Å². The first-order valence-corrected chi connectivity index (χ1v) is 11.9. The number of nitrogens with zero attached hydrogens (tertiary/aromatic N) is 4. The van der Waals surface area contributed by atoms with Crippen molar-refractivity contribution in [3.63, 3.8) is 0 Å². The normalized spacial score (nSPS) is 19.0. The van der Waals surface area contributed by atoms with Gasteiger partial charge in [-0.1, -0.05) is 36.4 Å². The molecule has 186 valence electrons. The highest BCUT2D eigenvalue weighted by atomic mass is 16.5. The summed E-state index contributed by atoms with van der Waals surface area (Å²) in [6, 6.07) is 11.1. The molecular weight excluding hydrogens is 458 g/mol. The SMILES string of the molecule is CC(N=C=O)c1ccc2c(c1)CCc1cc(C(C)N=C=O)ccc1C2(C[C@H](C)N)c1nc(=O)on1C.